The minimum atomic E-state index is -0.178. The number of aliphatic hydroxyl groups excluding tert-OH is 2. The van der Waals surface area contributed by atoms with E-state index in [2.05, 4.69) is 48.5 Å². The van der Waals surface area contributed by atoms with Crippen molar-refractivity contribution < 1.29 is 14.9 Å². The molecule has 1 spiro atoms. The zero-order valence-electron chi connectivity index (χ0n) is 22.4. The van der Waals surface area contributed by atoms with Crippen molar-refractivity contribution >= 4 is 0 Å². The molecule has 0 aromatic carbocycles. The highest BCUT2D eigenvalue weighted by Gasteiger charge is 2.76. The van der Waals surface area contributed by atoms with Crippen LogP contribution in [-0.4, -0.2) is 34.1 Å². The normalized spacial score (nSPS) is 60.8. The molecule has 0 radical (unpaired) electrons. The number of fused-ring (bicyclic) bond motifs is 5. The minimum absolute atomic E-state index is 0.0188. The number of hydrogen-bond acceptors (Lipinski definition) is 3. The summed E-state index contributed by atoms with van der Waals surface area (Å²) < 4.78 is 6.85. The topological polar surface area (TPSA) is 53.0 Å². The first kappa shape index (κ1) is 23.3. The first-order chi connectivity index (χ1) is 15.2. The monoisotopic (exact) mass is 458 g/mol. The van der Waals surface area contributed by atoms with Crippen LogP contribution in [0.2, 0.25) is 0 Å². The summed E-state index contributed by atoms with van der Waals surface area (Å²) in [4.78, 5) is 0. The van der Waals surface area contributed by atoms with Gasteiger partial charge in [0.15, 0.2) is 0 Å². The van der Waals surface area contributed by atoms with E-state index >= 15 is 0 Å². The van der Waals surface area contributed by atoms with Crippen LogP contribution in [0.5, 0.6) is 0 Å². The van der Waals surface area contributed by atoms with Gasteiger partial charge in [-0.1, -0.05) is 48.5 Å². The van der Waals surface area contributed by atoms with Crippen molar-refractivity contribution in [1.82, 2.24) is 0 Å². The molecule has 5 aliphatic carbocycles. The van der Waals surface area contributed by atoms with Gasteiger partial charge in [0.2, 0.25) is 0 Å². The Morgan fingerprint density at radius 3 is 1.79 bits per heavy atom. The predicted octanol–water partition coefficient (Wildman–Crippen LogP) is 6.35. The van der Waals surface area contributed by atoms with E-state index in [1.54, 1.807) is 0 Å². The first-order valence-electron chi connectivity index (χ1n) is 14.3. The van der Waals surface area contributed by atoms with Gasteiger partial charge in [-0.2, -0.15) is 0 Å². The van der Waals surface area contributed by atoms with E-state index in [0.717, 1.165) is 31.6 Å². The lowest BCUT2D eigenvalue weighted by molar-refractivity contribution is -0.173. The van der Waals surface area contributed by atoms with Crippen LogP contribution in [0, 0.1) is 50.7 Å². The van der Waals surface area contributed by atoms with Gasteiger partial charge in [0, 0.05) is 0 Å². The summed E-state index contributed by atoms with van der Waals surface area (Å²) in [6.45, 7) is 17.2. The minimum Gasteiger partial charge on any atom is -0.393 e. The van der Waals surface area contributed by atoms with Crippen LogP contribution in [0.3, 0.4) is 0 Å². The second-order valence-corrected chi connectivity index (χ2v) is 15.7. The van der Waals surface area contributed by atoms with Gasteiger partial charge in [-0.25, -0.2) is 0 Å². The quantitative estimate of drug-likeness (QED) is 0.416. The molecule has 1 aliphatic heterocycles. The fourth-order valence-electron chi connectivity index (χ4n) is 12.0. The lowest BCUT2D eigenvalue weighted by Gasteiger charge is -2.63. The fourth-order valence-corrected chi connectivity index (χ4v) is 12.0. The van der Waals surface area contributed by atoms with E-state index in [-0.39, 0.29) is 34.1 Å². The van der Waals surface area contributed by atoms with Crippen molar-refractivity contribution in [2.75, 3.05) is 0 Å². The molecule has 5 saturated carbocycles. The van der Waals surface area contributed by atoms with Crippen molar-refractivity contribution in [2.45, 2.75) is 137 Å². The number of aliphatic hydroxyl groups is 2. The highest BCUT2D eigenvalue weighted by molar-refractivity contribution is 5.24. The van der Waals surface area contributed by atoms with Crippen LogP contribution in [0.1, 0.15) is 113 Å². The molecular weight excluding hydrogens is 408 g/mol. The predicted molar refractivity (Wildman–Crippen MR) is 132 cm³/mol. The van der Waals surface area contributed by atoms with Gasteiger partial charge in [0.1, 0.15) is 0 Å². The summed E-state index contributed by atoms with van der Waals surface area (Å²) in [6, 6.07) is 0. The second-order valence-electron chi connectivity index (χ2n) is 15.7. The van der Waals surface area contributed by atoms with Crippen molar-refractivity contribution in [3.63, 3.8) is 0 Å². The Labute approximate surface area is 202 Å². The molecule has 6 fully saturated rings. The highest BCUT2D eigenvalue weighted by atomic mass is 16.6. The molecule has 1 heterocycles. The molecule has 0 aromatic rings. The van der Waals surface area contributed by atoms with E-state index < -0.39 is 0 Å². The van der Waals surface area contributed by atoms with Gasteiger partial charge < -0.3 is 14.9 Å². The standard InChI is InChI=1S/C30H50O3/c1-25(2)18-10-13-27(5)17-30-20(9-8-19(27)28(18,6)14-11-22(25)31)29(7)15-12-23(32)26(3,4)21(29)16-24(30)33-30/h18-24,31-32H,8-17H2,1-7H3/t18-,19+,20+,21+,22+,23-,24-,27+,28+,29-,30+/m1/s1. The molecule has 0 amide bonds. The lowest BCUT2D eigenvalue weighted by Crippen LogP contribution is -2.59. The maximum atomic E-state index is 10.9. The number of epoxide rings is 1. The van der Waals surface area contributed by atoms with Crippen LogP contribution in [-0.2, 0) is 4.74 Å². The van der Waals surface area contributed by atoms with Crippen molar-refractivity contribution in [1.29, 1.82) is 0 Å². The largest absolute Gasteiger partial charge is 0.393 e. The Morgan fingerprint density at radius 1 is 0.606 bits per heavy atom. The second kappa shape index (κ2) is 6.60. The van der Waals surface area contributed by atoms with Crippen LogP contribution in [0.4, 0.5) is 0 Å². The average molecular weight is 459 g/mol. The molecule has 1 saturated heterocycles. The van der Waals surface area contributed by atoms with Crippen LogP contribution in [0.25, 0.3) is 0 Å². The molecule has 33 heavy (non-hydrogen) atoms. The zero-order valence-corrected chi connectivity index (χ0v) is 22.4. The number of hydrogen-bond donors (Lipinski definition) is 2. The molecule has 0 bridgehead atoms. The Morgan fingerprint density at radius 2 is 1.15 bits per heavy atom. The van der Waals surface area contributed by atoms with Crippen LogP contribution >= 0.6 is 0 Å². The van der Waals surface area contributed by atoms with E-state index in [9.17, 15) is 10.2 Å². The highest BCUT2D eigenvalue weighted by Crippen LogP contribution is 2.76. The maximum Gasteiger partial charge on any atom is 0.0987 e. The van der Waals surface area contributed by atoms with E-state index in [4.69, 9.17) is 4.74 Å². The summed E-state index contributed by atoms with van der Waals surface area (Å²) in [5.74, 6) is 2.53. The third kappa shape index (κ3) is 2.74. The number of rotatable bonds is 0. The third-order valence-corrected chi connectivity index (χ3v) is 13.8. The number of ether oxygens (including phenoxy) is 1. The molecule has 188 valence electrons. The van der Waals surface area contributed by atoms with E-state index in [0.29, 0.717) is 34.7 Å². The molecule has 6 rings (SSSR count). The Kier molecular flexibility index (Phi) is 4.66. The molecule has 11 atom stereocenters. The summed E-state index contributed by atoms with van der Waals surface area (Å²) in [5.41, 5.74) is 1.05. The summed E-state index contributed by atoms with van der Waals surface area (Å²) in [5, 5.41) is 21.8. The van der Waals surface area contributed by atoms with Gasteiger partial charge in [-0.3, -0.25) is 0 Å². The van der Waals surface area contributed by atoms with Crippen molar-refractivity contribution in [3.8, 4) is 0 Å². The van der Waals surface area contributed by atoms with Gasteiger partial charge in [0.25, 0.3) is 0 Å². The Balaban J connectivity index is 1.38. The Hall–Kier alpha value is -0.120. The zero-order chi connectivity index (χ0) is 23.8. The smallest absolute Gasteiger partial charge is 0.0987 e. The summed E-state index contributed by atoms with van der Waals surface area (Å²) >= 11 is 0. The lowest BCUT2D eigenvalue weighted by atomic mass is 9.41. The fraction of sp³-hybridized carbons (Fsp3) is 1.00. The first-order valence-corrected chi connectivity index (χ1v) is 14.3. The summed E-state index contributed by atoms with van der Waals surface area (Å²) in [6.07, 6.45) is 11.9. The summed E-state index contributed by atoms with van der Waals surface area (Å²) in [7, 11) is 0. The molecule has 2 N–H and O–H groups in total. The molecule has 3 nitrogen and oxygen atoms in total. The average Bonchev–Trinajstić information content (AvgIpc) is 3.43. The molecular formula is C30H50O3. The Bertz CT molecular complexity index is 816. The van der Waals surface area contributed by atoms with Crippen LogP contribution in [0.15, 0.2) is 0 Å². The third-order valence-electron chi connectivity index (χ3n) is 13.8. The van der Waals surface area contributed by atoms with E-state index in [1.165, 1.54) is 38.5 Å². The van der Waals surface area contributed by atoms with Gasteiger partial charge in [0.05, 0.1) is 23.9 Å². The molecule has 0 aromatic heterocycles. The molecule has 6 aliphatic rings. The van der Waals surface area contributed by atoms with Crippen LogP contribution < -0.4 is 0 Å². The van der Waals surface area contributed by atoms with Gasteiger partial charge in [-0.15, -0.1) is 0 Å². The van der Waals surface area contributed by atoms with E-state index in [1.807, 2.05) is 0 Å². The van der Waals surface area contributed by atoms with Crippen molar-refractivity contribution in [3.05, 3.63) is 0 Å². The SMILES string of the molecule is CC1(C)[C@H]2CC[C@@]3(C)C[C@@]45O[C@@H]4C[C@H]4C(C)(C)[C@H](O)CC[C@]4(C)[C@@H]5CC[C@@H]3[C@@]2(C)CC[C@@H]1O. The van der Waals surface area contributed by atoms with Gasteiger partial charge in [-0.05, 0) is 115 Å². The molecule has 3 heteroatoms. The maximum absolute atomic E-state index is 10.9. The van der Waals surface area contributed by atoms with Gasteiger partial charge >= 0.3 is 0 Å². The van der Waals surface area contributed by atoms with Crippen molar-refractivity contribution in [2.24, 2.45) is 50.7 Å². The molecule has 0 unspecified atom stereocenters.